The van der Waals surface area contributed by atoms with Crippen LogP contribution in [-0.4, -0.2) is 72.6 Å². The highest BCUT2D eigenvalue weighted by atomic mass is 16.5. The number of ether oxygens (including phenoxy) is 2. The highest BCUT2D eigenvalue weighted by Gasteiger charge is 2.20. The molecule has 0 spiro atoms. The van der Waals surface area contributed by atoms with Crippen LogP contribution < -0.4 is 20.7 Å². The van der Waals surface area contributed by atoms with Gasteiger partial charge in [0.05, 0.1) is 31.6 Å². The minimum absolute atomic E-state index is 0.160. The van der Waals surface area contributed by atoms with Crippen molar-refractivity contribution >= 4 is 23.9 Å². The maximum Gasteiger partial charge on any atom is 0.326 e. The minimum atomic E-state index is -0.616. The highest BCUT2D eigenvalue weighted by molar-refractivity contribution is 6.06. The average Bonchev–Trinajstić information content (AvgIpc) is 3.41. The molecule has 2 aromatic rings. The molecule has 0 radical (unpaired) electrons. The first-order valence-electron chi connectivity index (χ1n) is 13.0. The number of aliphatic imine (C=N–C) groups is 1. The number of hydrogen-bond donors (Lipinski definition) is 4. The molecule has 4 N–H and O–H groups in total. The molecule has 0 atom stereocenters. The van der Waals surface area contributed by atoms with Crippen molar-refractivity contribution in [1.29, 1.82) is 5.41 Å². The summed E-state index contributed by atoms with van der Waals surface area (Å²) in [5.41, 5.74) is 1.01. The third-order valence-corrected chi connectivity index (χ3v) is 5.80. The lowest BCUT2D eigenvalue weighted by Gasteiger charge is -2.26. The van der Waals surface area contributed by atoms with E-state index in [1.807, 2.05) is 32.9 Å². The number of carbonyl (C=O) groups is 1. The van der Waals surface area contributed by atoms with Crippen LogP contribution in [0, 0.1) is 17.3 Å². The summed E-state index contributed by atoms with van der Waals surface area (Å²) in [5.74, 6) is 7.82. The fraction of sp³-hybridized carbons (Fsp3) is 0.393. The third kappa shape index (κ3) is 9.07. The molecule has 4 rings (SSSR count). The number of nitrogens with zero attached hydrogens (tertiary/aromatic N) is 4. The Morgan fingerprint density at radius 2 is 2.10 bits per heavy atom. The second-order valence-corrected chi connectivity index (χ2v) is 10.1. The number of amides is 2. The van der Waals surface area contributed by atoms with E-state index in [-0.39, 0.29) is 17.1 Å². The van der Waals surface area contributed by atoms with Crippen LogP contribution >= 0.6 is 0 Å². The van der Waals surface area contributed by atoms with Gasteiger partial charge in [-0.15, -0.1) is 0 Å². The number of morpholine rings is 1. The third-order valence-electron chi connectivity index (χ3n) is 5.80. The Kier molecular flexibility index (Phi) is 9.66. The number of carbonyl (C=O) groups excluding carboxylic acids is 1. The molecule has 40 heavy (non-hydrogen) atoms. The number of amidine groups is 1. The maximum atomic E-state index is 12.2. The molecule has 12 heteroatoms. The topological polar surface area (TPSA) is 150 Å². The fourth-order valence-corrected chi connectivity index (χ4v) is 3.62. The number of hydrogen-bond acceptors (Lipinski definition) is 10. The van der Waals surface area contributed by atoms with Gasteiger partial charge in [-0.3, -0.25) is 20.9 Å². The van der Waals surface area contributed by atoms with Gasteiger partial charge in [0.2, 0.25) is 0 Å². The molecule has 12 nitrogen and oxygen atoms in total. The maximum absolute atomic E-state index is 12.2. The van der Waals surface area contributed by atoms with Crippen LogP contribution in [0.1, 0.15) is 38.6 Å². The zero-order valence-corrected chi connectivity index (χ0v) is 22.9. The monoisotopic (exact) mass is 546 g/mol. The van der Waals surface area contributed by atoms with E-state index >= 15 is 0 Å². The van der Waals surface area contributed by atoms with E-state index in [9.17, 15) is 4.79 Å². The molecule has 0 saturated carbocycles. The van der Waals surface area contributed by atoms with E-state index in [4.69, 9.17) is 19.4 Å². The van der Waals surface area contributed by atoms with Crippen molar-refractivity contribution in [3.63, 3.8) is 0 Å². The van der Waals surface area contributed by atoms with Crippen LogP contribution in [0.25, 0.3) is 0 Å². The van der Waals surface area contributed by atoms with Crippen LogP contribution in [0.4, 0.5) is 10.6 Å². The van der Waals surface area contributed by atoms with E-state index < -0.39 is 6.03 Å². The molecular formula is C28H34N8O4. The molecule has 2 aromatic heterocycles. The largest absolute Gasteiger partial charge is 0.492 e. The smallest absolute Gasteiger partial charge is 0.326 e. The normalized spacial score (nSPS) is 16.4. The molecule has 4 heterocycles. The SMILES string of the molecule is CC(C)(C)c1cc(NC(=O)NC(=N)/C=C2/N=CC(C#Cc3ccc(OCCCN4CCOCC4)cn3)=CN2)no1. The number of allylic oxidation sites excluding steroid dienone is 1. The Morgan fingerprint density at radius 3 is 2.77 bits per heavy atom. The highest BCUT2D eigenvalue weighted by Crippen LogP contribution is 2.24. The van der Waals surface area contributed by atoms with Gasteiger partial charge >= 0.3 is 6.03 Å². The number of anilines is 1. The molecule has 0 bridgehead atoms. The van der Waals surface area contributed by atoms with Crippen molar-refractivity contribution in [3.05, 3.63) is 59.5 Å². The number of pyridine rings is 1. The van der Waals surface area contributed by atoms with Crippen molar-refractivity contribution in [2.75, 3.05) is 44.8 Å². The minimum Gasteiger partial charge on any atom is -0.492 e. The molecule has 0 aliphatic carbocycles. The van der Waals surface area contributed by atoms with Gasteiger partial charge in [0.1, 0.15) is 28.9 Å². The summed E-state index contributed by atoms with van der Waals surface area (Å²) in [6.07, 6.45) is 7.22. The van der Waals surface area contributed by atoms with Gasteiger partial charge in [-0.2, -0.15) is 0 Å². The summed E-state index contributed by atoms with van der Waals surface area (Å²) in [5, 5.41) is 19.7. The molecule has 2 aliphatic rings. The molecule has 210 valence electrons. The molecule has 2 aliphatic heterocycles. The van der Waals surface area contributed by atoms with Gasteiger partial charge in [-0.1, -0.05) is 31.8 Å². The van der Waals surface area contributed by atoms with Crippen molar-refractivity contribution < 1.29 is 18.8 Å². The average molecular weight is 547 g/mol. The summed E-state index contributed by atoms with van der Waals surface area (Å²) >= 11 is 0. The Bertz CT molecular complexity index is 1340. The first kappa shape index (κ1) is 28.5. The molecule has 0 unspecified atom stereocenters. The van der Waals surface area contributed by atoms with E-state index in [0.29, 0.717) is 35.2 Å². The Hall–Kier alpha value is -4.47. The lowest BCUT2D eigenvalue weighted by molar-refractivity contribution is 0.0358. The molecule has 0 aromatic carbocycles. The van der Waals surface area contributed by atoms with Crippen LogP contribution in [0.15, 0.2) is 57.6 Å². The van der Waals surface area contributed by atoms with Crippen molar-refractivity contribution in [3.8, 4) is 17.6 Å². The predicted molar refractivity (Wildman–Crippen MR) is 151 cm³/mol. The van der Waals surface area contributed by atoms with E-state index in [1.165, 1.54) is 6.08 Å². The number of aromatic nitrogens is 2. The van der Waals surface area contributed by atoms with Crippen LogP contribution in [-0.2, 0) is 10.2 Å². The number of urea groups is 1. The fourth-order valence-electron chi connectivity index (χ4n) is 3.62. The molecular weight excluding hydrogens is 512 g/mol. The van der Waals surface area contributed by atoms with Gasteiger partial charge in [0.15, 0.2) is 5.82 Å². The molecule has 1 fully saturated rings. The van der Waals surface area contributed by atoms with Gasteiger partial charge in [0, 0.05) is 49.6 Å². The summed E-state index contributed by atoms with van der Waals surface area (Å²) in [6.45, 7) is 11.1. The first-order valence-corrected chi connectivity index (χ1v) is 13.0. The van der Waals surface area contributed by atoms with Gasteiger partial charge in [-0.25, -0.2) is 14.8 Å². The van der Waals surface area contributed by atoms with E-state index in [2.05, 4.69) is 47.8 Å². The van der Waals surface area contributed by atoms with Crippen molar-refractivity contribution in [2.24, 2.45) is 4.99 Å². The summed E-state index contributed by atoms with van der Waals surface area (Å²) < 4.78 is 16.4. The Morgan fingerprint density at radius 1 is 1.27 bits per heavy atom. The Labute approximate surface area is 233 Å². The lowest BCUT2D eigenvalue weighted by Crippen LogP contribution is -2.37. The number of rotatable bonds is 7. The van der Waals surface area contributed by atoms with Crippen LogP contribution in [0.3, 0.4) is 0 Å². The second kappa shape index (κ2) is 13.5. The zero-order valence-electron chi connectivity index (χ0n) is 22.9. The van der Waals surface area contributed by atoms with E-state index in [1.54, 1.807) is 24.7 Å². The summed E-state index contributed by atoms with van der Waals surface area (Å²) in [6, 6.07) is 4.70. The number of nitrogens with one attached hydrogen (secondary N) is 4. The molecule has 1 saturated heterocycles. The second-order valence-electron chi connectivity index (χ2n) is 10.1. The van der Waals surface area contributed by atoms with Crippen molar-refractivity contribution in [1.82, 2.24) is 25.7 Å². The zero-order chi connectivity index (χ0) is 28.4. The summed E-state index contributed by atoms with van der Waals surface area (Å²) in [4.78, 5) is 23.1. The quantitative estimate of drug-likeness (QED) is 0.179. The first-order chi connectivity index (χ1) is 19.2. The van der Waals surface area contributed by atoms with Gasteiger partial charge in [-0.05, 0) is 24.5 Å². The predicted octanol–water partition coefficient (Wildman–Crippen LogP) is 3.02. The lowest BCUT2D eigenvalue weighted by atomic mass is 9.93. The summed E-state index contributed by atoms with van der Waals surface area (Å²) in [7, 11) is 0. The van der Waals surface area contributed by atoms with Crippen LogP contribution in [0.5, 0.6) is 5.75 Å². The van der Waals surface area contributed by atoms with E-state index in [0.717, 1.165) is 39.3 Å². The Balaban J connectivity index is 1.18. The van der Waals surface area contributed by atoms with Crippen molar-refractivity contribution in [2.45, 2.75) is 32.6 Å². The van der Waals surface area contributed by atoms with Gasteiger partial charge < -0.3 is 19.3 Å². The standard InChI is InChI=1S/C28H34N8O4/c1-28(2,3)23-15-26(35-40-23)34-27(37)33-24(29)16-25-31-17-20(18-32-25)5-6-21-7-8-22(19-30-21)39-12-4-9-36-10-13-38-14-11-36/h7-8,15-19,31H,4,9-14H2,1-3H3,(H3,29,33,34,35,37)/b25-16+. The van der Waals surface area contributed by atoms with Gasteiger partial charge in [0.25, 0.3) is 0 Å². The van der Waals surface area contributed by atoms with Crippen LogP contribution in [0.2, 0.25) is 0 Å². The molecule has 2 amide bonds.